The topological polar surface area (TPSA) is 42.1 Å². The van der Waals surface area contributed by atoms with E-state index >= 15 is 0 Å². The molecule has 112 valence electrons. The van der Waals surface area contributed by atoms with Gasteiger partial charge >= 0.3 is 0 Å². The van der Waals surface area contributed by atoms with Gasteiger partial charge in [-0.25, -0.2) is 0 Å². The highest BCUT2D eigenvalue weighted by Gasteiger charge is 2.07. The van der Waals surface area contributed by atoms with Gasteiger partial charge in [-0.1, -0.05) is 17.7 Å². The first-order valence-electron chi connectivity index (χ1n) is 7.20. The molecule has 1 aromatic carbocycles. The molecule has 0 aliphatic rings. The average molecular weight is 304 g/mol. The summed E-state index contributed by atoms with van der Waals surface area (Å²) in [6.07, 6.45) is 5.45. The number of nitrogens with zero attached hydrogens (tertiary/aromatic N) is 2. The Hall–Kier alpha value is -1.58. The van der Waals surface area contributed by atoms with Crippen molar-refractivity contribution < 1.29 is 0 Å². The van der Waals surface area contributed by atoms with Crippen LogP contribution >= 0.6 is 11.6 Å². The van der Waals surface area contributed by atoms with Crippen molar-refractivity contribution in [3.63, 3.8) is 0 Å². The number of likely N-dealkylation sites (N-methyl/N-ethyl adjacent to an activating group) is 1. The minimum atomic E-state index is 0.123. The SMILES string of the molecule is CC(N)Cc1ccc(N(C)CCc2ccncc2)cc1Cl. The Bertz CT molecular complexity index is 570. The molecule has 0 bridgehead atoms. The molecule has 1 atom stereocenters. The number of hydrogen-bond acceptors (Lipinski definition) is 3. The smallest absolute Gasteiger partial charge is 0.0459 e. The molecule has 0 saturated heterocycles. The third kappa shape index (κ3) is 4.73. The fourth-order valence-electron chi connectivity index (χ4n) is 2.26. The number of hydrogen-bond donors (Lipinski definition) is 1. The Labute approximate surface area is 131 Å². The predicted octanol–water partition coefficient (Wildman–Crippen LogP) is 3.30. The molecule has 0 aliphatic heterocycles. The van der Waals surface area contributed by atoms with Gasteiger partial charge in [0.05, 0.1) is 0 Å². The van der Waals surface area contributed by atoms with Gasteiger partial charge in [0.1, 0.15) is 0 Å². The van der Waals surface area contributed by atoms with Crippen LogP contribution in [0, 0.1) is 0 Å². The number of rotatable bonds is 6. The number of anilines is 1. The van der Waals surface area contributed by atoms with Gasteiger partial charge in [-0.15, -0.1) is 0 Å². The summed E-state index contributed by atoms with van der Waals surface area (Å²) in [5.74, 6) is 0. The highest BCUT2D eigenvalue weighted by molar-refractivity contribution is 6.31. The number of pyridine rings is 1. The largest absolute Gasteiger partial charge is 0.374 e. The molecule has 1 aromatic heterocycles. The van der Waals surface area contributed by atoms with E-state index in [-0.39, 0.29) is 6.04 Å². The summed E-state index contributed by atoms with van der Waals surface area (Å²) in [4.78, 5) is 6.24. The number of aromatic nitrogens is 1. The molecule has 2 rings (SSSR count). The number of benzene rings is 1. The summed E-state index contributed by atoms with van der Waals surface area (Å²) >= 11 is 6.34. The van der Waals surface area contributed by atoms with Gasteiger partial charge < -0.3 is 10.6 Å². The molecule has 0 fully saturated rings. The fraction of sp³-hybridized carbons (Fsp3) is 0.353. The summed E-state index contributed by atoms with van der Waals surface area (Å²) in [6.45, 7) is 2.93. The molecular formula is C17H22ClN3. The first-order chi connectivity index (χ1) is 10.1. The Kier molecular flexibility index (Phi) is 5.59. The van der Waals surface area contributed by atoms with Gasteiger partial charge in [0, 0.05) is 42.7 Å². The van der Waals surface area contributed by atoms with Gasteiger partial charge in [-0.2, -0.15) is 0 Å². The Morgan fingerprint density at radius 3 is 2.57 bits per heavy atom. The van der Waals surface area contributed by atoms with Crippen LogP contribution in [0.5, 0.6) is 0 Å². The molecule has 0 amide bonds. The van der Waals surface area contributed by atoms with Crippen LogP contribution in [-0.4, -0.2) is 24.6 Å². The molecule has 4 heteroatoms. The van der Waals surface area contributed by atoms with Crippen LogP contribution in [-0.2, 0) is 12.8 Å². The molecule has 2 N–H and O–H groups in total. The average Bonchev–Trinajstić information content (AvgIpc) is 2.47. The van der Waals surface area contributed by atoms with Crippen molar-refractivity contribution in [2.24, 2.45) is 5.73 Å². The highest BCUT2D eigenvalue weighted by Crippen LogP contribution is 2.24. The fourth-order valence-corrected chi connectivity index (χ4v) is 2.51. The molecule has 0 aliphatic carbocycles. The van der Waals surface area contributed by atoms with Crippen molar-refractivity contribution in [2.45, 2.75) is 25.8 Å². The molecule has 3 nitrogen and oxygen atoms in total. The zero-order chi connectivity index (χ0) is 15.2. The molecule has 2 aromatic rings. The van der Waals surface area contributed by atoms with Crippen LogP contribution in [0.4, 0.5) is 5.69 Å². The monoisotopic (exact) mass is 303 g/mol. The van der Waals surface area contributed by atoms with Gasteiger partial charge in [0.2, 0.25) is 0 Å². The van der Waals surface area contributed by atoms with Crippen molar-refractivity contribution in [3.05, 3.63) is 58.9 Å². The van der Waals surface area contributed by atoms with E-state index in [0.717, 1.165) is 35.7 Å². The van der Waals surface area contributed by atoms with E-state index in [1.807, 2.05) is 37.5 Å². The van der Waals surface area contributed by atoms with E-state index < -0.39 is 0 Å². The minimum absolute atomic E-state index is 0.123. The van der Waals surface area contributed by atoms with Gasteiger partial charge in [0.15, 0.2) is 0 Å². The summed E-state index contributed by atoms with van der Waals surface area (Å²) in [6, 6.07) is 10.4. The highest BCUT2D eigenvalue weighted by atomic mass is 35.5. The third-order valence-corrected chi connectivity index (χ3v) is 3.86. The maximum atomic E-state index is 6.34. The predicted molar refractivity (Wildman–Crippen MR) is 90.0 cm³/mol. The number of nitrogens with two attached hydrogens (primary N) is 1. The zero-order valence-corrected chi connectivity index (χ0v) is 13.3. The molecule has 0 spiro atoms. The minimum Gasteiger partial charge on any atom is -0.374 e. The summed E-state index contributed by atoms with van der Waals surface area (Å²) in [5, 5.41) is 0.792. The van der Waals surface area contributed by atoms with Gasteiger partial charge in [0.25, 0.3) is 0 Å². The summed E-state index contributed by atoms with van der Waals surface area (Å²) < 4.78 is 0. The third-order valence-electron chi connectivity index (χ3n) is 3.50. The second-order valence-corrected chi connectivity index (χ2v) is 5.89. The van der Waals surface area contributed by atoms with Crippen LogP contribution in [0.3, 0.4) is 0 Å². The summed E-state index contributed by atoms with van der Waals surface area (Å²) in [7, 11) is 2.08. The first-order valence-corrected chi connectivity index (χ1v) is 7.58. The van der Waals surface area contributed by atoms with Crippen LogP contribution in [0.2, 0.25) is 5.02 Å². The Balaban J connectivity index is 1.99. The lowest BCUT2D eigenvalue weighted by molar-refractivity contribution is 0.738. The zero-order valence-electron chi connectivity index (χ0n) is 12.6. The maximum absolute atomic E-state index is 6.34. The van der Waals surface area contributed by atoms with Gasteiger partial charge in [-0.3, -0.25) is 4.98 Å². The number of halogens is 1. The van der Waals surface area contributed by atoms with Crippen molar-refractivity contribution in [2.75, 3.05) is 18.5 Å². The second kappa shape index (κ2) is 7.43. The van der Waals surface area contributed by atoms with Crippen molar-refractivity contribution in [3.8, 4) is 0 Å². The van der Waals surface area contributed by atoms with Crippen LogP contribution in [0.1, 0.15) is 18.1 Å². The normalized spacial score (nSPS) is 12.2. The van der Waals surface area contributed by atoms with E-state index in [1.165, 1.54) is 5.56 Å². The van der Waals surface area contributed by atoms with Crippen LogP contribution in [0.25, 0.3) is 0 Å². The lowest BCUT2D eigenvalue weighted by atomic mass is 10.1. The molecule has 1 unspecified atom stereocenters. The Morgan fingerprint density at radius 1 is 1.24 bits per heavy atom. The standard InChI is InChI=1S/C17H22ClN3/c1-13(19)11-15-3-4-16(12-17(15)18)21(2)10-7-14-5-8-20-9-6-14/h3-6,8-9,12-13H,7,10-11,19H2,1-2H3. The lowest BCUT2D eigenvalue weighted by Crippen LogP contribution is -2.21. The van der Waals surface area contributed by atoms with Crippen molar-refractivity contribution in [1.82, 2.24) is 4.98 Å². The van der Waals surface area contributed by atoms with Crippen molar-refractivity contribution >= 4 is 17.3 Å². The van der Waals surface area contributed by atoms with E-state index in [2.05, 4.69) is 29.1 Å². The first kappa shape index (κ1) is 15.8. The summed E-state index contributed by atoms with van der Waals surface area (Å²) in [5.41, 5.74) is 9.35. The molecular weight excluding hydrogens is 282 g/mol. The van der Waals surface area contributed by atoms with E-state index in [9.17, 15) is 0 Å². The van der Waals surface area contributed by atoms with Gasteiger partial charge in [-0.05, 0) is 55.2 Å². The maximum Gasteiger partial charge on any atom is 0.0459 e. The van der Waals surface area contributed by atoms with Crippen molar-refractivity contribution in [1.29, 1.82) is 0 Å². The van der Waals surface area contributed by atoms with E-state index in [4.69, 9.17) is 17.3 Å². The van der Waals surface area contributed by atoms with E-state index in [0.29, 0.717) is 0 Å². The lowest BCUT2D eigenvalue weighted by Gasteiger charge is -2.20. The van der Waals surface area contributed by atoms with E-state index in [1.54, 1.807) is 0 Å². The second-order valence-electron chi connectivity index (χ2n) is 5.48. The molecule has 21 heavy (non-hydrogen) atoms. The quantitative estimate of drug-likeness (QED) is 0.890. The van der Waals surface area contributed by atoms with Crippen LogP contribution < -0.4 is 10.6 Å². The molecule has 0 saturated carbocycles. The molecule has 0 radical (unpaired) electrons. The Morgan fingerprint density at radius 2 is 1.95 bits per heavy atom. The van der Waals surface area contributed by atoms with Crippen LogP contribution in [0.15, 0.2) is 42.7 Å². The molecule has 1 heterocycles.